The second kappa shape index (κ2) is 7.44. The first-order chi connectivity index (χ1) is 16.9. The van der Waals surface area contributed by atoms with Gasteiger partial charge < -0.3 is 4.42 Å². The van der Waals surface area contributed by atoms with E-state index in [9.17, 15) is 0 Å². The minimum Gasteiger partial charge on any atom is -0.455 e. The zero-order valence-corrected chi connectivity index (χ0v) is 23.0. The van der Waals surface area contributed by atoms with E-state index in [-0.39, 0.29) is 16.2 Å². The Morgan fingerprint density at radius 1 is 0.750 bits per heavy atom. The van der Waals surface area contributed by atoms with Crippen molar-refractivity contribution in [3.8, 4) is 11.3 Å². The lowest BCUT2D eigenvalue weighted by Gasteiger charge is -2.30. The van der Waals surface area contributed by atoms with Crippen LogP contribution < -0.4 is 0 Å². The molecule has 0 amide bonds. The molecule has 0 unspecified atom stereocenters. The van der Waals surface area contributed by atoms with Crippen molar-refractivity contribution in [1.29, 1.82) is 0 Å². The Labute approximate surface area is 214 Å². The Balaban J connectivity index is 1.81. The fourth-order valence-electron chi connectivity index (χ4n) is 6.38. The van der Waals surface area contributed by atoms with Crippen molar-refractivity contribution < 1.29 is 4.42 Å². The number of pyridine rings is 1. The molecule has 0 N–H and O–H groups in total. The third-order valence-electron chi connectivity index (χ3n) is 7.72. The molecule has 0 radical (unpaired) electrons. The number of hydrogen-bond donors (Lipinski definition) is 0. The summed E-state index contributed by atoms with van der Waals surface area (Å²) >= 11 is 0. The van der Waals surface area contributed by atoms with Crippen LogP contribution in [0.15, 0.2) is 59.1 Å². The Hall–Kier alpha value is -3.13. The smallest absolute Gasteiger partial charge is 0.142 e. The molecular weight excluding hydrogens is 438 g/mol. The van der Waals surface area contributed by atoms with Crippen molar-refractivity contribution in [2.24, 2.45) is 10.8 Å². The molecule has 0 saturated carbocycles. The summed E-state index contributed by atoms with van der Waals surface area (Å²) in [5, 5.41) is 5.04. The fourth-order valence-corrected chi connectivity index (χ4v) is 6.38. The van der Waals surface area contributed by atoms with Gasteiger partial charge in [0, 0.05) is 28.1 Å². The van der Waals surface area contributed by atoms with E-state index in [2.05, 4.69) is 110 Å². The van der Waals surface area contributed by atoms with Crippen molar-refractivity contribution in [1.82, 2.24) is 4.98 Å². The van der Waals surface area contributed by atoms with Crippen LogP contribution in [0.25, 0.3) is 44.0 Å². The monoisotopic (exact) mass is 475 g/mol. The van der Waals surface area contributed by atoms with Gasteiger partial charge in [-0.15, -0.1) is 0 Å². The van der Waals surface area contributed by atoms with Crippen LogP contribution in [0.1, 0.15) is 77.6 Å². The van der Waals surface area contributed by atoms with Gasteiger partial charge in [0.25, 0.3) is 0 Å². The second-order valence-corrected chi connectivity index (χ2v) is 13.7. The van der Waals surface area contributed by atoms with Crippen LogP contribution in [0.2, 0.25) is 0 Å². The van der Waals surface area contributed by atoms with Gasteiger partial charge in [0.05, 0.1) is 11.1 Å². The first-order valence-corrected chi connectivity index (χ1v) is 13.2. The molecule has 2 heteroatoms. The van der Waals surface area contributed by atoms with Gasteiger partial charge >= 0.3 is 0 Å². The number of furan rings is 1. The summed E-state index contributed by atoms with van der Waals surface area (Å²) in [5.41, 5.74) is 9.62. The van der Waals surface area contributed by atoms with Crippen LogP contribution in [0.4, 0.5) is 0 Å². The van der Waals surface area contributed by atoms with Gasteiger partial charge in [-0.05, 0) is 51.1 Å². The highest BCUT2D eigenvalue weighted by molar-refractivity contribution is 6.17. The van der Waals surface area contributed by atoms with Crippen LogP contribution in [-0.2, 0) is 18.3 Å². The van der Waals surface area contributed by atoms with Gasteiger partial charge in [-0.2, -0.15) is 0 Å². The third-order valence-corrected chi connectivity index (χ3v) is 7.72. The summed E-state index contributed by atoms with van der Waals surface area (Å²) in [7, 11) is 0. The maximum Gasteiger partial charge on any atom is 0.142 e. The van der Waals surface area contributed by atoms with Crippen molar-refractivity contribution in [2.45, 2.75) is 73.6 Å². The van der Waals surface area contributed by atoms with E-state index in [1.165, 1.54) is 49.4 Å². The van der Waals surface area contributed by atoms with E-state index in [1.807, 2.05) is 0 Å². The van der Waals surface area contributed by atoms with E-state index >= 15 is 0 Å². The summed E-state index contributed by atoms with van der Waals surface area (Å²) in [6.07, 6.45) is 3.97. The number of hydrogen-bond acceptors (Lipinski definition) is 2. The summed E-state index contributed by atoms with van der Waals surface area (Å²) in [4.78, 5) is 5.19. The highest BCUT2D eigenvalue weighted by Crippen LogP contribution is 2.52. The van der Waals surface area contributed by atoms with Gasteiger partial charge in [-0.25, -0.2) is 0 Å². The normalized spacial score (nSPS) is 15.1. The summed E-state index contributed by atoms with van der Waals surface area (Å²) in [6.45, 7) is 18.5. The molecule has 2 nitrogen and oxygen atoms in total. The number of benzene rings is 3. The number of nitrogens with zero attached hydrogens (tertiary/aromatic N) is 1. The van der Waals surface area contributed by atoms with Gasteiger partial charge in [0.15, 0.2) is 0 Å². The first kappa shape index (κ1) is 23.3. The second-order valence-electron chi connectivity index (χ2n) is 13.7. The molecule has 0 aliphatic heterocycles. The molecule has 6 rings (SSSR count). The molecule has 0 fully saturated rings. The van der Waals surface area contributed by atoms with Gasteiger partial charge in [-0.1, -0.05) is 104 Å². The van der Waals surface area contributed by atoms with Crippen LogP contribution in [0.3, 0.4) is 0 Å². The van der Waals surface area contributed by atoms with E-state index in [0.29, 0.717) is 0 Å². The largest absolute Gasteiger partial charge is 0.455 e. The average molecular weight is 476 g/mol. The molecule has 1 aliphatic rings. The highest BCUT2D eigenvalue weighted by atomic mass is 16.3. The topological polar surface area (TPSA) is 26.0 Å². The minimum atomic E-state index is -0.212. The zero-order chi connectivity index (χ0) is 25.6. The van der Waals surface area contributed by atoms with E-state index in [4.69, 9.17) is 9.40 Å². The van der Waals surface area contributed by atoms with E-state index in [1.54, 1.807) is 0 Å². The van der Waals surface area contributed by atoms with Crippen molar-refractivity contribution in [3.05, 3.63) is 77.0 Å². The molecule has 5 aromatic rings. The lowest BCUT2D eigenvalue weighted by Crippen LogP contribution is -2.20. The molecule has 0 spiro atoms. The predicted octanol–water partition coefficient (Wildman–Crippen LogP) is 9.62. The Kier molecular flexibility index (Phi) is 4.81. The van der Waals surface area contributed by atoms with Crippen LogP contribution >= 0.6 is 0 Å². The van der Waals surface area contributed by atoms with Crippen molar-refractivity contribution in [3.63, 3.8) is 0 Å². The van der Waals surface area contributed by atoms with Gasteiger partial charge in [-0.3, -0.25) is 4.98 Å². The fraction of sp³-hybridized carbons (Fsp3) is 0.382. The maximum absolute atomic E-state index is 6.92. The molecule has 0 atom stereocenters. The first-order valence-electron chi connectivity index (χ1n) is 13.2. The molecular formula is C34H37NO. The molecule has 184 valence electrons. The number of aromatic nitrogens is 1. The molecule has 0 saturated heterocycles. The quantitative estimate of drug-likeness (QED) is 0.254. The molecule has 2 aromatic heterocycles. The number of fused-ring (bicyclic) bond motifs is 4. The van der Waals surface area contributed by atoms with Crippen LogP contribution in [-0.4, -0.2) is 4.98 Å². The predicted molar refractivity (Wildman–Crippen MR) is 153 cm³/mol. The lowest BCUT2D eigenvalue weighted by atomic mass is 9.73. The molecule has 0 bridgehead atoms. The standard InChI is InChI=1S/C34H37NO/c1-32(2,3)17-21-14-16-25-26-27-29(35-19-22(18-33(4,5)6)31(27)36-30(21)26)24-15-13-20-11-9-10-12-23(20)28(24)34(25,7)8/h9-16,19H,17-18H2,1-8H3. The van der Waals surface area contributed by atoms with Crippen LogP contribution in [0, 0.1) is 10.8 Å². The number of rotatable bonds is 2. The average Bonchev–Trinajstić information content (AvgIpc) is 3.15. The summed E-state index contributed by atoms with van der Waals surface area (Å²) < 4.78 is 6.92. The third kappa shape index (κ3) is 3.49. The molecule has 1 aliphatic carbocycles. The lowest BCUT2D eigenvalue weighted by molar-refractivity contribution is 0.408. The molecule has 3 aromatic carbocycles. The van der Waals surface area contributed by atoms with Crippen LogP contribution in [0.5, 0.6) is 0 Å². The van der Waals surface area contributed by atoms with E-state index in [0.717, 1.165) is 29.7 Å². The summed E-state index contributed by atoms with van der Waals surface area (Å²) in [5.74, 6) is 0. The Bertz CT molecular complexity index is 1670. The Morgan fingerprint density at radius 2 is 1.42 bits per heavy atom. The Morgan fingerprint density at radius 3 is 2.14 bits per heavy atom. The van der Waals surface area contributed by atoms with Crippen molar-refractivity contribution >= 4 is 32.7 Å². The highest BCUT2D eigenvalue weighted by Gasteiger charge is 2.37. The zero-order valence-electron chi connectivity index (χ0n) is 23.0. The maximum atomic E-state index is 6.92. The van der Waals surface area contributed by atoms with E-state index < -0.39 is 0 Å². The minimum absolute atomic E-state index is 0.139. The SMILES string of the molecule is CC(C)(C)Cc1ccc2c3c1oc1c(CC(C)(C)C)cnc(c13)-c1ccc3ccccc3c1C2(C)C. The summed E-state index contributed by atoms with van der Waals surface area (Å²) in [6, 6.07) is 18.0. The molecule has 2 heterocycles. The van der Waals surface area contributed by atoms with Gasteiger partial charge in [0.1, 0.15) is 11.2 Å². The molecule has 36 heavy (non-hydrogen) atoms. The van der Waals surface area contributed by atoms with Gasteiger partial charge in [0.2, 0.25) is 0 Å². The van der Waals surface area contributed by atoms with Crippen molar-refractivity contribution in [2.75, 3.05) is 0 Å².